The molecule has 6 heteroatoms. The third-order valence-corrected chi connectivity index (χ3v) is 4.87. The lowest BCUT2D eigenvalue weighted by atomic mass is 9.95. The quantitative estimate of drug-likeness (QED) is 0.784. The second kappa shape index (κ2) is 9.69. The first kappa shape index (κ1) is 19.6. The van der Waals surface area contributed by atoms with E-state index in [0.717, 1.165) is 11.1 Å². The Kier molecular flexibility index (Phi) is 6.78. The molecule has 0 aliphatic carbocycles. The molecule has 3 rings (SSSR count). The fraction of sp³-hybridized carbons (Fsp3) is 0.318. The van der Waals surface area contributed by atoms with E-state index in [0.29, 0.717) is 38.4 Å². The van der Waals surface area contributed by atoms with E-state index in [1.54, 1.807) is 30.3 Å². The average Bonchev–Trinajstić information content (AvgIpc) is 2.77. The van der Waals surface area contributed by atoms with Crippen LogP contribution in [0.25, 0.3) is 6.08 Å². The number of nitrogens with one attached hydrogen (secondary N) is 1. The van der Waals surface area contributed by atoms with Crippen LogP contribution in [-0.2, 0) is 16.1 Å². The Hall–Kier alpha value is -3.15. The van der Waals surface area contributed by atoms with Gasteiger partial charge in [-0.1, -0.05) is 36.4 Å². The summed E-state index contributed by atoms with van der Waals surface area (Å²) in [5.74, 6) is 0.511. The molecule has 0 unspecified atom stereocenters. The molecule has 1 N–H and O–H groups in total. The standard InChI is InChI=1S/C22H25N3O3/c1-28-20-9-7-18(15-23-20)16-24-22(27)19-11-13-25(14-12-19)21(26)10-8-17-5-3-2-4-6-17/h2-10,15,19H,11-14,16H2,1H3,(H,24,27). The van der Waals surface area contributed by atoms with Gasteiger partial charge in [-0.15, -0.1) is 0 Å². The summed E-state index contributed by atoms with van der Waals surface area (Å²) in [4.78, 5) is 30.7. The molecular formula is C22H25N3O3. The molecule has 1 aromatic carbocycles. The van der Waals surface area contributed by atoms with Crippen molar-refractivity contribution in [1.29, 1.82) is 0 Å². The van der Waals surface area contributed by atoms with Gasteiger partial charge >= 0.3 is 0 Å². The molecule has 0 spiro atoms. The number of likely N-dealkylation sites (tertiary alicyclic amines) is 1. The fourth-order valence-corrected chi connectivity index (χ4v) is 3.17. The summed E-state index contributed by atoms with van der Waals surface area (Å²) in [7, 11) is 1.57. The second-order valence-corrected chi connectivity index (χ2v) is 6.77. The largest absolute Gasteiger partial charge is 0.481 e. The summed E-state index contributed by atoms with van der Waals surface area (Å²) in [6, 6.07) is 13.4. The van der Waals surface area contributed by atoms with Gasteiger partial charge in [-0.05, 0) is 30.0 Å². The highest BCUT2D eigenvalue weighted by atomic mass is 16.5. The molecule has 2 amide bonds. The Morgan fingerprint density at radius 3 is 2.57 bits per heavy atom. The van der Waals surface area contributed by atoms with Gasteiger partial charge in [-0.3, -0.25) is 9.59 Å². The summed E-state index contributed by atoms with van der Waals surface area (Å²) in [6.07, 6.45) is 6.48. The molecule has 28 heavy (non-hydrogen) atoms. The van der Waals surface area contributed by atoms with Gasteiger partial charge in [0, 0.05) is 43.9 Å². The number of benzene rings is 1. The van der Waals surface area contributed by atoms with Crippen LogP contribution in [0.3, 0.4) is 0 Å². The third-order valence-electron chi connectivity index (χ3n) is 4.87. The Morgan fingerprint density at radius 1 is 1.18 bits per heavy atom. The normalized spacial score (nSPS) is 14.8. The molecule has 0 atom stereocenters. The van der Waals surface area contributed by atoms with E-state index in [1.165, 1.54) is 0 Å². The van der Waals surface area contributed by atoms with Crippen LogP contribution in [0.2, 0.25) is 0 Å². The molecule has 0 radical (unpaired) electrons. The molecular weight excluding hydrogens is 354 g/mol. The van der Waals surface area contributed by atoms with Crippen LogP contribution in [0.1, 0.15) is 24.0 Å². The monoisotopic (exact) mass is 379 g/mol. The molecule has 1 aliphatic rings. The molecule has 1 saturated heterocycles. The van der Waals surface area contributed by atoms with Gasteiger partial charge in [-0.2, -0.15) is 0 Å². The summed E-state index contributed by atoms with van der Waals surface area (Å²) in [5.41, 5.74) is 1.92. The van der Waals surface area contributed by atoms with Crippen molar-refractivity contribution in [2.24, 2.45) is 5.92 Å². The van der Waals surface area contributed by atoms with Gasteiger partial charge in [-0.25, -0.2) is 4.98 Å². The van der Waals surface area contributed by atoms with Crippen molar-refractivity contribution in [3.8, 4) is 5.88 Å². The van der Waals surface area contributed by atoms with Crippen molar-refractivity contribution >= 4 is 17.9 Å². The Morgan fingerprint density at radius 2 is 1.93 bits per heavy atom. The zero-order valence-electron chi connectivity index (χ0n) is 16.0. The van der Waals surface area contributed by atoms with E-state index in [1.807, 2.05) is 42.5 Å². The van der Waals surface area contributed by atoms with Gasteiger partial charge in [0.2, 0.25) is 17.7 Å². The van der Waals surface area contributed by atoms with Crippen LogP contribution in [-0.4, -0.2) is 41.9 Å². The van der Waals surface area contributed by atoms with Gasteiger partial charge in [0.25, 0.3) is 0 Å². The van der Waals surface area contributed by atoms with Crippen molar-refractivity contribution in [1.82, 2.24) is 15.2 Å². The Labute approximate surface area is 165 Å². The molecule has 1 aliphatic heterocycles. The van der Waals surface area contributed by atoms with Crippen molar-refractivity contribution < 1.29 is 14.3 Å². The number of amides is 2. The maximum atomic E-state index is 12.4. The topological polar surface area (TPSA) is 71.5 Å². The van der Waals surface area contributed by atoms with Crippen LogP contribution >= 0.6 is 0 Å². The summed E-state index contributed by atoms with van der Waals surface area (Å²) >= 11 is 0. The van der Waals surface area contributed by atoms with E-state index < -0.39 is 0 Å². The second-order valence-electron chi connectivity index (χ2n) is 6.77. The van der Waals surface area contributed by atoms with Crippen molar-refractivity contribution in [2.75, 3.05) is 20.2 Å². The van der Waals surface area contributed by atoms with Crippen LogP contribution in [0.4, 0.5) is 0 Å². The SMILES string of the molecule is COc1ccc(CNC(=O)C2CCN(C(=O)C=Cc3ccccc3)CC2)cn1. The summed E-state index contributed by atoms with van der Waals surface area (Å²) in [5, 5.41) is 2.96. The molecule has 0 bridgehead atoms. The van der Waals surface area contributed by atoms with Crippen LogP contribution in [0.15, 0.2) is 54.7 Å². The van der Waals surface area contributed by atoms with E-state index in [2.05, 4.69) is 10.3 Å². The number of methoxy groups -OCH3 is 1. The Balaban J connectivity index is 1.43. The molecule has 1 fully saturated rings. The number of hydrogen-bond donors (Lipinski definition) is 1. The molecule has 6 nitrogen and oxygen atoms in total. The lowest BCUT2D eigenvalue weighted by Crippen LogP contribution is -2.42. The number of piperidine rings is 1. The van der Waals surface area contributed by atoms with E-state index in [9.17, 15) is 9.59 Å². The molecule has 146 valence electrons. The molecule has 2 heterocycles. The highest BCUT2D eigenvalue weighted by Gasteiger charge is 2.26. The minimum absolute atomic E-state index is 0.00739. The highest BCUT2D eigenvalue weighted by molar-refractivity contribution is 5.92. The summed E-state index contributed by atoms with van der Waals surface area (Å²) in [6.45, 7) is 1.63. The number of nitrogens with zero attached hydrogens (tertiary/aromatic N) is 2. The lowest BCUT2D eigenvalue weighted by molar-refractivity contribution is -0.132. The van der Waals surface area contributed by atoms with E-state index in [-0.39, 0.29) is 17.7 Å². The van der Waals surface area contributed by atoms with Crippen LogP contribution in [0.5, 0.6) is 5.88 Å². The molecule has 1 aromatic heterocycles. The summed E-state index contributed by atoms with van der Waals surface area (Å²) < 4.78 is 5.03. The smallest absolute Gasteiger partial charge is 0.246 e. The first-order valence-corrected chi connectivity index (χ1v) is 9.44. The maximum Gasteiger partial charge on any atom is 0.246 e. The number of pyridine rings is 1. The predicted octanol–water partition coefficient (Wildman–Crippen LogP) is 2.66. The number of rotatable bonds is 6. The first-order chi connectivity index (χ1) is 13.7. The zero-order chi connectivity index (χ0) is 19.8. The van der Waals surface area contributed by atoms with Gasteiger partial charge < -0.3 is 15.0 Å². The fourth-order valence-electron chi connectivity index (χ4n) is 3.17. The predicted molar refractivity (Wildman–Crippen MR) is 107 cm³/mol. The van der Waals surface area contributed by atoms with Crippen molar-refractivity contribution in [3.05, 3.63) is 65.9 Å². The highest BCUT2D eigenvalue weighted by Crippen LogP contribution is 2.18. The van der Waals surface area contributed by atoms with Crippen LogP contribution < -0.4 is 10.1 Å². The molecule has 0 saturated carbocycles. The number of carbonyl (C=O) groups is 2. The van der Waals surface area contributed by atoms with Gasteiger partial charge in [0.05, 0.1) is 7.11 Å². The lowest BCUT2D eigenvalue weighted by Gasteiger charge is -2.30. The third kappa shape index (κ3) is 5.42. The first-order valence-electron chi connectivity index (χ1n) is 9.44. The van der Waals surface area contributed by atoms with Gasteiger partial charge in [0.1, 0.15) is 0 Å². The zero-order valence-corrected chi connectivity index (χ0v) is 16.0. The van der Waals surface area contributed by atoms with Gasteiger partial charge in [0.15, 0.2) is 0 Å². The molecule has 2 aromatic rings. The number of ether oxygens (including phenoxy) is 1. The van der Waals surface area contributed by atoms with E-state index >= 15 is 0 Å². The minimum atomic E-state index is -0.0617. The number of aromatic nitrogens is 1. The van der Waals surface area contributed by atoms with E-state index in [4.69, 9.17) is 4.74 Å². The average molecular weight is 379 g/mol. The number of hydrogen-bond acceptors (Lipinski definition) is 4. The van der Waals surface area contributed by atoms with Crippen molar-refractivity contribution in [2.45, 2.75) is 19.4 Å². The Bertz CT molecular complexity index is 811. The number of carbonyl (C=O) groups excluding carboxylic acids is 2. The van der Waals surface area contributed by atoms with Crippen molar-refractivity contribution in [3.63, 3.8) is 0 Å². The maximum absolute atomic E-state index is 12.4. The van der Waals surface area contributed by atoms with Crippen LogP contribution in [0, 0.1) is 5.92 Å². The minimum Gasteiger partial charge on any atom is -0.481 e.